The predicted octanol–water partition coefficient (Wildman–Crippen LogP) is 1.63. The first-order chi connectivity index (χ1) is 16.4. The predicted molar refractivity (Wildman–Crippen MR) is 123 cm³/mol. The minimum Gasteiger partial charge on any atom is -0.486 e. The number of carbonyl (C=O) groups is 1. The van der Waals surface area contributed by atoms with Crippen molar-refractivity contribution in [3.63, 3.8) is 0 Å². The molecule has 11 heteroatoms. The highest BCUT2D eigenvalue weighted by molar-refractivity contribution is 7.92. The molecule has 34 heavy (non-hydrogen) atoms. The summed E-state index contributed by atoms with van der Waals surface area (Å²) in [6.45, 7) is 4.61. The van der Waals surface area contributed by atoms with E-state index in [-0.39, 0.29) is 10.6 Å². The molecule has 2 aliphatic rings. The standard InChI is InChI=1S/C23H28FN3O6S/c24-18-2-4-19(5-3-18)27(17-23(28)25-8-1-9-26-10-12-31-13-11-26)34(29,30)20-6-7-21-22(16-20)33-15-14-32-21/h2-7,16H,1,8-15,17H2,(H,25,28). The summed E-state index contributed by atoms with van der Waals surface area (Å²) in [7, 11) is -4.15. The van der Waals surface area contributed by atoms with Crippen LogP contribution in [0, 0.1) is 5.82 Å². The van der Waals surface area contributed by atoms with Crippen LogP contribution in [0.4, 0.5) is 10.1 Å². The molecule has 2 aromatic rings. The zero-order valence-electron chi connectivity index (χ0n) is 18.7. The molecule has 0 spiro atoms. The Morgan fingerprint density at radius 3 is 2.44 bits per heavy atom. The Morgan fingerprint density at radius 2 is 1.71 bits per heavy atom. The summed E-state index contributed by atoms with van der Waals surface area (Å²) >= 11 is 0. The van der Waals surface area contributed by atoms with Crippen molar-refractivity contribution in [2.45, 2.75) is 11.3 Å². The first-order valence-corrected chi connectivity index (χ1v) is 12.6. The highest BCUT2D eigenvalue weighted by Gasteiger charge is 2.29. The van der Waals surface area contributed by atoms with Crippen LogP contribution in [-0.2, 0) is 19.6 Å². The lowest BCUT2D eigenvalue weighted by Crippen LogP contribution is -2.42. The van der Waals surface area contributed by atoms with E-state index in [0.717, 1.165) is 42.5 Å². The molecule has 1 amide bonds. The van der Waals surface area contributed by atoms with E-state index < -0.39 is 28.3 Å². The number of sulfonamides is 1. The summed E-state index contributed by atoms with van der Waals surface area (Å²) in [5.41, 5.74) is 0.180. The van der Waals surface area contributed by atoms with Crippen molar-refractivity contribution in [2.75, 3.05) is 63.5 Å². The van der Waals surface area contributed by atoms with Crippen molar-refractivity contribution < 1.29 is 31.8 Å². The maximum Gasteiger partial charge on any atom is 0.264 e. The Bertz CT molecular complexity index is 1090. The number of amides is 1. The van der Waals surface area contributed by atoms with Crippen LogP contribution < -0.4 is 19.1 Å². The fourth-order valence-electron chi connectivity index (χ4n) is 3.78. The van der Waals surface area contributed by atoms with Crippen LogP contribution in [0.5, 0.6) is 11.5 Å². The van der Waals surface area contributed by atoms with Crippen molar-refractivity contribution in [3.05, 3.63) is 48.3 Å². The number of hydrogen-bond acceptors (Lipinski definition) is 7. The molecule has 1 N–H and O–H groups in total. The molecular formula is C23H28FN3O6S. The van der Waals surface area contributed by atoms with Crippen molar-refractivity contribution in [2.24, 2.45) is 0 Å². The van der Waals surface area contributed by atoms with Gasteiger partial charge in [-0.25, -0.2) is 12.8 Å². The van der Waals surface area contributed by atoms with Gasteiger partial charge in [0.1, 0.15) is 25.6 Å². The average molecular weight is 494 g/mol. The van der Waals surface area contributed by atoms with Gasteiger partial charge in [0.15, 0.2) is 11.5 Å². The number of ether oxygens (including phenoxy) is 3. The molecular weight excluding hydrogens is 465 g/mol. The molecule has 0 unspecified atom stereocenters. The smallest absolute Gasteiger partial charge is 0.264 e. The molecule has 2 heterocycles. The fourth-order valence-corrected chi connectivity index (χ4v) is 5.21. The third-order valence-corrected chi connectivity index (χ3v) is 7.35. The van der Waals surface area contributed by atoms with E-state index in [1.807, 2.05) is 0 Å². The first kappa shape index (κ1) is 24.2. The zero-order chi connectivity index (χ0) is 24.0. The third-order valence-electron chi connectivity index (χ3n) is 5.58. The summed E-state index contributed by atoms with van der Waals surface area (Å²) in [5.74, 6) is -0.184. The zero-order valence-corrected chi connectivity index (χ0v) is 19.6. The molecule has 0 atom stereocenters. The largest absolute Gasteiger partial charge is 0.486 e. The molecule has 0 aliphatic carbocycles. The molecule has 0 saturated carbocycles. The number of rotatable bonds is 9. The van der Waals surface area contributed by atoms with Gasteiger partial charge in [-0.2, -0.15) is 0 Å². The Labute approximate surface area is 198 Å². The molecule has 0 bridgehead atoms. The fraction of sp³-hybridized carbons (Fsp3) is 0.435. The number of fused-ring (bicyclic) bond motifs is 1. The van der Waals surface area contributed by atoms with Gasteiger partial charge in [0.2, 0.25) is 5.91 Å². The van der Waals surface area contributed by atoms with E-state index >= 15 is 0 Å². The highest BCUT2D eigenvalue weighted by Crippen LogP contribution is 2.34. The average Bonchev–Trinajstić information content (AvgIpc) is 2.86. The number of halogens is 1. The van der Waals surface area contributed by atoms with Gasteiger partial charge < -0.3 is 19.5 Å². The van der Waals surface area contributed by atoms with Gasteiger partial charge in [0.05, 0.1) is 23.8 Å². The Kier molecular flexibility index (Phi) is 7.86. The van der Waals surface area contributed by atoms with Gasteiger partial charge in [-0.1, -0.05) is 0 Å². The maximum atomic E-state index is 13.5. The summed E-state index contributed by atoms with van der Waals surface area (Å²) in [5, 5.41) is 2.79. The Balaban J connectivity index is 1.46. The second-order valence-corrected chi connectivity index (χ2v) is 9.81. The van der Waals surface area contributed by atoms with Crippen LogP contribution in [-0.4, -0.2) is 78.4 Å². The molecule has 4 rings (SSSR count). The topological polar surface area (TPSA) is 97.4 Å². The van der Waals surface area contributed by atoms with E-state index in [4.69, 9.17) is 14.2 Å². The van der Waals surface area contributed by atoms with Gasteiger partial charge in [-0.05, 0) is 49.4 Å². The van der Waals surface area contributed by atoms with Crippen LogP contribution in [0.2, 0.25) is 0 Å². The molecule has 0 aromatic heterocycles. The molecule has 9 nitrogen and oxygen atoms in total. The van der Waals surface area contributed by atoms with E-state index in [1.54, 1.807) is 0 Å². The van der Waals surface area contributed by atoms with Crippen molar-refractivity contribution in [3.8, 4) is 11.5 Å². The number of nitrogens with one attached hydrogen (secondary N) is 1. The summed E-state index contributed by atoms with van der Waals surface area (Å²) < 4.78 is 57.8. The van der Waals surface area contributed by atoms with E-state index in [2.05, 4.69) is 10.2 Å². The minimum atomic E-state index is -4.15. The number of morpholine rings is 1. The van der Waals surface area contributed by atoms with Crippen LogP contribution in [0.3, 0.4) is 0 Å². The van der Waals surface area contributed by atoms with Crippen LogP contribution in [0.25, 0.3) is 0 Å². The summed E-state index contributed by atoms with van der Waals surface area (Å²) in [6, 6.07) is 9.27. The second-order valence-electron chi connectivity index (χ2n) is 7.95. The third kappa shape index (κ3) is 5.96. The van der Waals surface area contributed by atoms with Crippen molar-refractivity contribution >= 4 is 21.6 Å². The normalized spacial score (nSPS) is 16.1. The highest BCUT2D eigenvalue weighted by atomic mass is 32.2. The summed E-state index contributed by atoms with van der Waals surface area (Å²) in [4.78, 5) is 14.9. The quantitative estimate of drug-likeness (QED) is 0.531. The van der Waals surface area contributed by atoms with Crippen molar-refractivity contribution in [1.82, 2.24) is 10.2 Å². The Morgan fingerprint density at radius 1 is 1.00 bits per heavy atom. The van der Waals surface area contributed by atoms with Crippen molar-refractivity contribution in [1.29, 1.82) is 0 Å². The number of hydrogen-bond donors (Lipinski definition) is 1. The van der Waals surface area contributed by atoms with E-state index in [0.29, 0.717) is 44.5 Å². The molecule has 184 valence electrons. The number of carbonyl (C=O) groups excluding carboxylic acids is 1. The monoisotopic (exact) mass is 493 g/mol. The molecule has 1 saturated heterocycles. The summed E-state index contributed by atoms with van der Waals surface area (Å²) in [6.07, 6.45) is 0.733. The van der Waals surface area contributed by atoms with Gasteiger partial charge in [0, 0.05) is 25.7 Å². The lowest BCUT2D eigenvalue weighted by atomic mass is 10.3. The van der Waals surface area contributed by atoms with Crippen LogP contribution >= 0.6 is 0 Å². The van der Waals surface area contributed by atoms with Gasteiger partial charge in [-0.3, -0.25) is 14.0 Å². The van der Waals surface area contributed by atoms with E-state index in [9.17, 15) is 17.6 Å². The van der Waals surface area contributed by atoms with Crippen LogP contribution in [0.15, 0.2) is 47.4 Å². The molecule has 1 fully saturated rings. The minimum absolute atomic E-state index is 0.0545. The van der Waals surface area contributed by atoms with Gasteiger partial charge >= 0.3 is 0 Å². The lowest BCUT2D eigenvalue weighted by molar-refractivity contribution is -0.119. The van der Waals surface area contributed by atoms with Gasteiger partial charge in [0.25, 0.3) is 10.0 Å². The molecule has 2 aromatic carbocycles. The number of benzene rings is 2. The number of anilines is 1. The SMILES string of the molecule is O=C(CN(c1ccc(F)cc1)S(=O)(=O)c1ccc2c(c1)OCCO2)NCCCN1CCOCC1. The number of nitrogens with zero attached hydrogens (tertiary/aromatic N) is 2. The maximum absolute atomic E-state index is 13.5. The first-order valence-electron chi connectivity index (χ1n) is 11.2. The Hall–Kier alpha value is -2.89. The van der Waals surface area contributed by atoms with E-state index in [1.165, 1.54) is 30.3 Å². The van der Waals surface area contributed by atoms with Gasteiger partial charge in [-0.15, -0.1) is 0 Å². The second kappa shape index (κ2) is 11.0. The van der Waals surface area contributed by atoms with Crippen LogP contribution in [0.1, 0.15) is 6.42 Å². The lowest BCUT2D eigenvalue weighted by Gasteiger charge is -2.27. The molecule has 2 aliphatic heterocycles. The molecule has 0 radical (unpaired) electrons.